The summed E-state index contributed by atoms with van der Waals surface area (Å²) in [5.41, 5.74) is 6.51. The van der Waals surface area contributed by atoms with Crippen molar-refractivity contribution in [3.05, 3.63) is 34.1 Å². The molecule has 0 heterocycles. The third kappa shape index (κ3) is 2.98. The Kier molecular flexibility index (Phi) is 5.67. The molecule has 74 valence electrons. The zero-order valence-electron chi connectivity index (χ0n) is 8.20. The molecule has 0 aliphatic carbocycles. The van der Waals surface area contributed by atoms with Gasteiger partial charge in [-0.1, -0.05) is 37.6 Å². The van der Waals surface area contributed by atoms with Gasteiger partial charge < -0.3 is 5.73 Å². The zero-order valence-corrected chi connectivity index (χ0v) is 8.95. The minimum Gasteiger partial charge on any atom is -0.326 e. The van der Waals surface area contributed by atoms with Crippen LogP contribution in [0.1, 0.15) is 25.0 Å². The van der Waals surface area contributed by atoms with E-state index in [9.17, 15) is 4.39 Å². The molecule has 1 aromatic carbocycles. The summed E-state index contributed by atoms with van der Waals surface area (Å²) in [5, 5.41) is 0.146. The summed E-state index contributed by atoms with van der Waals surface area (Å²) in [6.07, 6.45) is 0. The summed E-state index contributed by atoms with van der Waals surface area (Å²) in [5.74, 6) is -0.366. The van der Waals surface area contributed by atoms with Gasteiger partial charge in [0.25, 0.3) is 0 Å². The molecule has 0 unspecified atom stereocenters. The van der Waals surface area contributed by atoms with Gasteiger partial charge >= 0.3 is 0 Å². The number of nitrogens with two attached hydrogens (primary N) is 1. The van der Waals surface area contributed by atoms with Crippen LogP contribution in [0.25, 0.3) is 0 Å². The van der Waals surface area contributed by atoms with Gasteiger partial charge in [-0.05, 0) is 18.1 Å². The maximum absolute atomic E-state index is 13.0. The lowest BCUT2D eigenvalue weighted by atomic mass is 10.1. The molecule has 0 amide bonds. The van der Waals surface area contributed by atoms with E-state index in [1.165, 1.54) is 0 Å². The van der Waals surface area contributed by atoms with Crippen LogP contribution in [0.3, 0.4) is 0 Å². The van der Waals surface area contributed by atoms with Crippen LogP contribution >= 0.6 is 11.6 Å². The van der Waals surface area contributed by atoms with E-state index in [1.807, 2.05) is 13.8 Å². The molecule has 2 N–H and O–H groups in total. The van der Waals surface area contributed by atoms with Gasteiger partial charge in [-0.15, -0.1) is 0 Å². The second-order valence-corrected chi connectivity index (χ2v) is 2.75. The monoisotopic (exact) mass is 203 g/mol. The fourth-order valence-electron chi connectivity index (χ4n) is 0.844. The van der Waals surface area contributed by atoms with Crippen molar-refractivity contribution < 1.29 is 4.39 Å². The van der Waals surface area contributed by atoms with E-state index >= 15 is 0 Å². The van der Waals surface area contributed by atoms with Crippen LogP contribution in [0.5, 0.6) is 0 Å². The van der Waals surface area contributed by atoms with Crippen molar-refractivity contribution in [3.8, 4) is 0 Å². The van der Waals surface area contributed by atoms with Gasteiger partial charge in [0.05, 0.1) is 5.02 Å². The van der Waals surface area contributed by atoms with E-state index in [0.29, 0.717) is 11.1 Å². The topological polar surface area (TPSA) is 26.0 Å². The number of halogens is 2. The molecule has 0 aromatic heterocycles. The van der Waals surface area contributed by atoms with Crippen molar-refractivity contribution in [1.29, 1.82) is 0 Å². The van der Waals surface area contributed by atoms with Crippen molar-refractivity contribution in [2.24, 2.45) is 5.73 Å². The van der Waals surface area contributed by atoms with Gasteiger partial charge in [-0.25, -0.2) is 4.39 Å². The second kappa shape index (κ2) is 5.95. The fraction of sp³-hybridized carbons (Fsp3) is 0.400. The maximum atomic E-state index is 13.0. The summed E-state index contributed by atoms with van der Waals surface area (Å²) in [6, 6.07) is 3.41. The van der Waals surface area contributed by atoms with Crippen molar-refractivity contribution in [3.63, 3.8) is 0 Å². The first-order chi connectivity index (χ1) is 6.16. The van der Waals surface area contributed by atoms with E-state index in [4.69, 9.17) is 17.3 Å². The van der Waals surface area contributed by atoms with Crippen molar-refractivity contribution in [2.75, 3.05) is 0 Å². The first-order valence-corrected chi connectivity index (χ1v) is 4.68. The first kappa shape index (κ1) is 12.4. The molecule has 0 spiro atoms. The lowest BCUT2D eigenvalue weighted by Crippen LogP contribution is -1.99. The minimum absolute atomic E-state index is 0.146. The van der Waals surface area contributed by atoms with E-state index in [-0.39, 0.29) is 17.4 Å². The van der Waals surface area contributed by atoms with Crippen LogP contribution in [-0.2, 0) is 6.54 Å². The molecule has 3 heteroatoms. The lowest BCUT2D eigenvalue weighted by Gasteiger charge is -2.03. The third-order valence-corrected chi connectivity index (χ3v) is 1.98. The van der Waals surface area contributed by atoms with Crippen LogP contribution in [-0.4, -0.2) is 0 Å². The summed E-state index contributed by atoms with van der Waals surface area (Å²) < 4.78 is 13.0. The summed E-state index contributed by atoms with van der Waals surface area (Å²) in [6.45, 7) is 5.94. The Labute approximate surface area is 83.7 Å². The van der Waals surface area contributed by atoms with Crippen molar-refractivity contribution in [2.45, 2.75) is 27.3 Å². The molecular formula is C10H15ClFN. The molecule has 1 rings (SSSR count). The highest BCUT2D eigenvalue weighted by Crippen LogP contribution is 2.21. The molecule has 0 radical (unpaired) electrons. The quantitative estimate of drug-likeness (QED) is 0.745. The van der Waals surface area contributed by atoms with Crippen LogP contribution in [0.15, 0.2) is 12.1 Å². The smallest absolute Gasteiger partial charge is 0.145 e. The molecule has 0 aliphatic rings. The SMILES string of the molecule is CC.Cc1ccc(CN)c(Cl)c1F. The Morgan fingerprint density at radius 3 is 2.38 bits per heavy atom. The Morgan fingerprint density at radius 1 is 1.38 bits per heavy atom. The van der Waals surface area contributed by atoms with Gasteiger partial charge in [0.1, 0.15) is 5.82 Å². The van der Waals surface area contributed by atoms with E-state index < -0.39 is 0 Å². The van der Waals surface area contributed by atoms with Crippen LogP contribution < -0.4 is 5.73 Å². The molecular weight excluding hydrogens is 189 g/mol. The normalized spacial score (nSPS) is 9.08. The molecule has 0 bridgehead atoms. The number of hydrogen-bond donors (Lipinski definition) is 1. The van der Waals surface area contributed by atoms with E-state index in [0.717, 1.165) is 0 Å². The maximum Gasteiger partial charge on any atom is 0.145 e. The third-order valence-electron chi connectivity index (χ3n) is 1.58. The average Bonchev–Trinajstić information content (AvgIpc) is 2.18. The number of rotatable bonds is 1. The molecule has 0 aliphatic heterocycles. The van der Waals surface area contributed by atoms with Gasteiger partial charge in [0.15, 0.2) is 0 Å². The fourth-order valence-corrected chi connectivity index (χ4v) is 1.13. The predicted molar refractivity (Wildman–Crippen MR) is 55.4 cm³/mol. The van der Waals surface area contributed by atoms with Crippen LogP contribution in [0.2, 0.25) is 5.02 Å². The standard InChI is InChI=1S/C8H9ClFN.C2H6/c1-5-2-3-6(4-11)7(9)8(5)10;1-2/h2-3H,4,11H2,1H3;1-2H3. The zero-order chi connectivity index (χ0) is 10.4. The molecule has 13 heavy (non-hydrogen) atoms. The Morgan fingerprint density at radius 2 is 1.92 bits per heavy atom. The molecule has 0 fully saturated rings. The van der Waals surface area contributed by atoms with Gasteiger partial charge in [0, 0.05) is 6.54 Å². The lowest BCUT2D eigenvalue weighted by molar-refractivity contribution is 0.616. The molecule has 1 aromatic rings. The van der Waals surface area contributed by atoms with Gasteiger partial charge in [-0.3, -0.25) is 0 Å². The predicted octanol–water partition coefficient (Wildman–Crippen LogP) is 3.27. The molecule has 0 saturated heterocycles. The highest BCUT2D eigenvalue weighted by atomic mass is 35.5. The van der Waals surface area contributed by atoms with Crippen molar-refractivity contribution in [1.82, 2.24) is 0 Å². The largest absolute Gasteiger partial charge is 0.326 e. The summed E-state index contributed by atoms with van der Waals surface area (Å²) in [4.78, 5) is 0. The molecule has 0 saturated carbocycles. The number of benzene rings is 1. The highest BCUT2D eigenvalue weighted by Gasteiger charge is 2.06. The number of aryl methyl sites for hydroxylation is 1. The summed E-state index contributed by atoms with van der Waals surface area (Å²) in [7, 11) is 0. The highest BCUT2D eigenvalue weighted by molar-refractivity contribution is 6.31. The van der Waals surface area contributed by atoms with Gasteiger partial charge in [0.2, 0.25) is 0 Å². The van der Waals surface area contributed by atoms with Gasteiger partial charge in [-0.2, -0.15) is 0 Å². The molecule has 1 nitrogen and oxygen atoms in total. The Bertz CT molecular complexity index is 274. The van der Waals surface area contributed by atoms with Crippen molar-refractivity contribution >= 4 is 11.6 Å². The first-order valence-electron chi connectivity index (χ1n) is 4.30. The Hall–Kier alpha value is -0.600. The van der Waals surface area contributed by atoms with E-state index in [2.05, 4.69) is 0 Å². The minimum atomic E-state index is -0.366. The Balaban J connectivity index is 0.000000671. The summed E-state index contributed by atoms with van der Waals surface area (Å²) >= 11 is 5.64. The average molecular weight is 204 g/mol. The molecule has 0 atom stereocenters. The van der Waals surface area contributed by atoms with E-state index in [1.54, 1.807) is 19.1 Å². The van der Waals surface area contributed by atoms with Crippen LogP contribution in [0.4, 0.5) is 4.39 Å². The van der Waals surface area contributed by atoms with Crippen LogP contribution in [0, 0.1) is 12.7 Å². The number of hydrogen-bond acceptors (Lipinski definition) is 1. The second-order valence-electron chi connectivity index (χ2n) is 2.37.